The Bertz CT molecular complexity index is 568. The minimum Gasteiger partial charge on any atom is -0.388 e. The summed E-state index contributed by atoms with van der Waals surface area (Å²) in [7, 11) is -3.17. The number of sulfone groups is 1. The van der Waals surface area contributed by atoms with Crippen molar-refractivity contribution in [2.45, 2.75) is 65.4 Å². The lowest BCUT2D eigenvalue weighted by Gasteiger charge is -2.19. The van der Waals surface area contributed by atoms with E-state index >= 15 is 0 Å². The Kier molecular flexibility index (Phi) is 5.03. The van der Waals surface area contributed by atoms with E-state index in [4.69, 9.17) is 0 Å². The topological polar surface area (TPSA) is 72.2 Å². The van der Waals surface area contributed by atoms with Crippen LogP contribution in [-0.4, -0.2) is 33.8 Å². The van der Waals surface area contributed by atoms with Gasteiger partial charge in [-0.3, -0.25) is 4.68 Å². The molecule has 0 saturated heterocycles. The second-order valence-electron chi connectivity index (χ2n) is 6.16. The maximum absolute atomic E-state index is 12.1. The van der Waals surface area contributed by atoms with Crippen molar-refractivity contribution in [3.8, 4) is 0 Å². The van der Waals surface area contributed by atoms with Gasteiger partial charge in [-0.25, -0.2) is 8.42 Å². The van der Waals surface area contributed by atoms with Crippen molar-refractivity contribution in [3.63, 3.8) is 0 Å². The normalized spacial score (nSPS) is 14.6. The molecule has 1 atom stereocenters. The van der Waals surface area contributed by atoms with Gasteiger partial charge in [-0.1, -0.05) is 6.92 Å². The molecule has 0 radical (unpaired) electrons. The smallest absolute Gasteiger partial charge is 0.157 e. The summed E-state index contributed by atoms with van der Waals surface area (Å²) in [6.45, 7) is 11.1. The predicted molar refractivity (Wildman–Crippen MR) is 80.5 cm³/mol. The quantitative estimate of drug-likeness (QED) is 0.904. The SMILES string of the molecule is CCC(O)c1c(C)nn(CCS(=O)(=O)C(C)(C)C)c1C. The monoisotopic (exact) mass is 302 g/mol. The first-order valence-electron chi connectivity index (χ1n) is 6.95. The molecule has 0 fully saturated rings. The van der Waals surface area contributed by atoms with Gasteiger partial charge in [0.25, 0.3) is 0 Å². The van der Waals surface area contributed by atoms with Crippen LogP contribution < -0.4 is 0 Å². The Balaban J connectivity index is 2.97. The molecule has 20 heavy (non-hydrogen) atoms. The van der Waals surface area contributed by atoms with Crippen molar-refractivity contribution in [1.29, 1.82) is 0 Å². The number of hydrogen-bond donors (Lipinski definition) is 1. The minimum atomic E-state index is -3.17. The molecule has 1 aromatic heterocycles. The number of rotatable bonds is 5. The highest BCUT2D eigenvalue weighted by Gasteiger charge is 2.29. The third-order valence-corrected chi connectivity index (χ3v) is 6.25. The van der Waals surface area contributed by atoms with Crippen molar-refractivity contribution in [3.05, 3.63) is 17.0 Å². The number of aryl methyl sites for hydroxylation is 2. The highest BCUT2D eigenvalue weighted by atomic mass is 32.2. The van der Waals surface area contributed by atoms with E-state index in [0.717, 1.165) is 17.0 Å². The molecule has 0 aromatic carbocycles. The van der Waals surface area contributed by atoms with Crippen molar-refractivity contribution in [2.24, 2.45) is 0 Å². The fraction of sp³-hybridized carbons (Fsp3) is 0.786. The summed E-state index contributed by atoms with van der Waals surface area (Å²) in [6, 6.07) is 0. The van der Waals surface area contributed by atoms with Gasteiger partial charge in [-0.15, -0.1) is 0 Å². The van der Waals surface area contributed by atoms with Crippen LogP contribution in [0.5, 0.6) is 0 Å². The number of aromatic nitrogens is 2. The molecule has 0 aliphatic carbocycles. The van der Waals surface area contributed by atoms with Gasteiger partial charge in [0.1, 0.15) is 0 Å². The maximum atomic E-state index is 12.1. The van der Waals surface area contributed by atoms with Gasteiger partial charge < -0.3 is 5.11 Å². The van der Waals surface area contributed by atoms with Crippen LogP contribution in [0.15, 0.2) is 0 Å². The van der Waals surface area contributed by atoms with Gasteiger partial charge in [0.2, 0.25) is 0 Å². The van der Waals surface area contributed by atoms with Crippen molar-refractivity contribution in [1.82, 2.24) is 9.78 Å². The molecular weight excluding hydrogens is 276 g/mol. The highest BCUT2D eigenvalue weighted by Crippen LogP contribution is 2.24. The van der Waals surface area contributed by atoms with Crippen molar-refractivity contribution in [2.75, 3.05) is 5.75 Å². The molecular formula is C14H26N2O3S. The van der Waals surface area contributed by atoms with E-state index in [9.17, 15) is 13.5 Å². The lowest BCUT2D eigenvalue weighted by molar-refractivity contribution is 0.172. The Morgan fingerprint density at radius 1 is 1.30 bits per heavy atom. The van der Waals surface area contributed by atoms with Crippen LogP contribution >= 0.6 is 0 Å². The predicted octanol–water partition coefficient (Wildman–Crippen LogP) is 2.16. The fourth-order valence-electron chi connectivity index (χ4n) is 2.13. The largest absolute Gasteiger partial charge is 0.388 e. The van der Waals surface area contributed by atoms with Crippen LogP contribution in [0, 0.1) is 13.8 Å². The number of aliphatic hydroxyl groups excluding tert-OH is 1. The van der Waals surface area contributed by atoms with E-state index in [2.05, 4.69) is 5.10 Å². The first-order chi connectivity index (χ1) is 9.01. The highest BCUT2D eigenvalue weighted by molar-refractivity contribution is 7.92. The molecule has 0 spiro atoms. The molecule has 6 heteroatoms. The molecule has 0 aliphatic heterocycles. The van der Waals surface area contributed by atoms with Crippen LogP contribution in [0.1, 0.15) is 57.2 Å². The van der Waals surface area contributed by atoms with E-state index in [1.807, 2.05) is 20.8 Å². The van der Waals surface area contributed by atoms with Gasteiger partial charge in [0.15, 0.2) is 9.84 Å². The average molecular weight is 302 g/mol. The summed E-state index contributed by atoms with van der Waals surface area (Å²) in [5, 5.41) is 14.3. The zero-order valence-electron chi connectivity index (χ0n) is 13.3. The van der Waals surface area contributed by atoms with E-state index in [1.165, 1.54) is 0 Å². The third kappa shape index (κ3) is 3.41. The first kappa shape index (κ1) is 17.2. The first-order valence-corrected chi connectivity index (χ1v) is 8.60. The minimum absolute atomic E-state index is 0.0557. The van der Waals surface area contributed by atoms with Crippen LogP contribution in [0.3, 0.4) is 0 Å². The summed E-state index contributed by atoms with van der Waals surface area (Å²) in [6.07, 6.45) is 0.0798. The number of hydrogen-bond acceptors (Lipinski definition) is 4. The second kappa shape index (κ2) is 5.85. The van der Waals surface area contributed by atoms with E-state index < -0.39 is 20.7 Å². The fourth-order valence-corrected chi connectivity index (χ4v) is 3.15. The molecule has 1 aromatic rings. The summed E-state index contributed by atoms with van der Waals surface area (Å²) >= 11 is 0. The lowest BCUT2D eigenvalue weighted by Crippen LogP contribution is -2.32. The number of nitrogens with zero attached hydrogens (tertiary/aromatic N) is 2. The summed E-state index contributed by atoms with van der Waals surface area (Å²) in [5.74, 6) is 0.0557. The Morgan fingerprint density at radius 2 is 1.85 bits per heavy atom. The van der Waals surface area contributed by atoms with E-state index in [1.54, 1.807) is 25.5 Å². The molecule has 116 valence electrons. The summed E-state index contributed by atoms with van der Waals surface area (Å²) in [5.41, 5.74) is 2.44. The molecule has 5 nitrogen and oxygen atoms in total. The molecule has 0 aliphatic rings. The zero-order chi connectivity index (χ0) is 15.7. The molecule has 1 heterocycles. The summed E-state index contributed by atoms with van der Waals surface area (Å²) in [4.78, 5) is 0. The van der Waals surface area contributed by atoms with Crippen molar-refractivity contribution < 1.29 is 13.5 Å². The third-order valence-electron chi connectivity index (χ3n) is 3.66. The lowest BCUT2D eigenvalue weighted by atomic mass is 10.1. The van der Waals surface area contributed by atoms with Crippen LogP contribution in [-0.2, 0) is 16.4 Å². The maximum Gasteiger partial charge on any atom is 0.157 e. The van der Waals surface area contributed by atoms with Crippen LogP contribution in [0.2, 0.25) is 0 Å². The zero-order valence-corrected chi connectivity index (χ0v) is 14.1. The number of aliphatic hydroxyl groups is 1. The second-order valence-corrected chi connectivity index (χ2v) is 9.03. The van der Waals surface area contributed by atoms with Crippen LogP contribution in [0.4, 0.5) is 0 Å². The Hall–Kier alpha value is -0.880. The molecule has 1 unspecified atom stereocenters. The molecule has 0 bridgehead atoms. The summed E-state index contributed by atoms with van der Waals surface area (Å²) < 4.78 is 25.2. The molecule has 0 saturated carbocycles. The standard InChI is InChI=1S/C14H26N2O3S/c1-7-12(17)13-10(2)15-16(11(13)3)8-9-20(18,19)14(4,5)6/h12,17H,7-9H2,1-6H3. The Morgan fingerprint density at radius 3 is 2.30 bits per heavy atom. The Labute approximate surface area is 121 Å². The van der Waals surface area contributed by atoms with Gasteiger partial charge in [0.05, 0.1) is 28.8 Å². The molecule has 0 amide bonds. The van der Waals surface area contributed by atoms with Crippen LogP contribution in [0.25, 0.3) is 0 Å². The van der Waals surface area contributed by atoms with Gasteiger partial charge in [-0.05, 0) is 41.0 Å². The van der Waals surface area contributed by atoms with Gasteiger partial charge >= 0.3 is 0 Å². The van der Waals surface area contributed by atoms with E-state index in [-0.39, 0.29) is 5.75 Å². The van der Waals surface area contributed by atoms with E-state index in [0.29, 0.717) is 13.0 Å². The van der Waals surface area contributed by atoms with Gasteiger partial charge in [0, 0.05) is 11.3 Å². The molecule has 1 N–H and O–H groups in total. The van der Waals surface area contributed by atoms with Crippen molar-refractivity contribution >= 4 is 9.84 Å². The van der Waals surface area contributed by atoms with Gasteiger partial charge in [-0.2, -0.15) is 5.10 Å². The average Bonchev–Trinajstić information content (AvgIpc) is 2.59. The molecule has 1 rings (SSSR count).